The molecule has 0 aromatic heterocycles. The van der Waals surface area contributed by atoms with Crippen molar-refractivity contribution in [1.29, 1.82) is 0 Å². The van der Waals surface area contributed by atoms with Crippen LogP contribution in [0.25, 0.3) is 0 Å². The van der Waals surface area contributed by atoms with E-state index < -0.39 is 0 Å². The minimum atomic E-state index is 0.331. The average Bonchev–Trinajstić information content (AvgIpc) is 2.10. The molecule has 0 heterocycles. The van der Waals surface area contributed by atoms with Gasteiger partial charge < -0.3 is 10.9 Å². The van der Waals surface area contributed by atoms with Gasteiger partial charge in [0.25, 0.3) is 0 Å². The zero-order valence-electron chi connectivity index (χ0n) is 7.62. The molecule has 0 aromatic rings. The molecule has 0 aliphatic heterocycles. The van der Waals surface area contributed by atoms with Crippen LogP contribution in [-0.4, -0.2) is 22.5 Å². The Labute approximate surface area is 78.4 Å². The van der Waals surface area contributed by atoms with Crippen molar-refractivity contribution in [3.8, 4) is 0 Å². The topological polar surface area (TPSA) is 58.6 Å². The summed E-state index contributed by atoms with van der Waals surface area (Å²) in [4.78, 5) is 0. The first-order valence-electron chi connectivity index (χ1n) is 4.35. The molecule has 3 N–H and O–H groups in total. The quantitative estimate of drug-likeness (QED) is 0.212. The van der Waals surface area contributed by atoms with Crippen LogP contribution >= 0.6 is 11.8 Å². The third kappa shape index (κ3) is 7.72. The predicted octanol–water partition coefficient (Wildman–Crippen LogP) is 2.05. The minimum absolute atomic E-state index is 0.331. The lowest BCUT2D eigenvalue weighted by Gasteiger charge is -1.99. The highest BCUT2D eigenvalue weighted by Crippen LogP contribution is 2.07. The number of hydrogen-bond donors (Lipinski definition) is 2. The molecular weight excluding hydrogens is 172 g/mol. The van der Waals surface area contributed by atoms with Gasteiger partial charge in [0.2, 0.25) is 0 Å². The Morgan fingerprint density at radius 2 is 2.17 bits per heavy atom. The van der Waals surface area contributed by atoms with Crippen LogP contribution < -0.4 is 5.73 Å². The van der Waals surface area contributed by atoms with Crippen molar-refractivity contribution in [3.63, 3.8) is 0 Å². The molecule has 0 aliphatic rings. The lowest BCUT2D eigenvalue weighted by atomic mass is 10.3. The zero-order chi connectivity index (χ0) is 9.23. The van der Waals surface area contributed by atoms with Crippen molar-refractivity contribution in [2.24, 2.45) is 10.9 Å². The largest absolute Gasteiger partial charge is 0.409 e. The summed E-state index contributed by atoms with van der Waals surface area (Å²) in [6, 6.07) is 0. The number of nitrogens with two attached hydrogens (primary N) is 1. The second-order valence-corrected chi connectivity index (χ2v) is 3.89. The molecule has 0 fully saturated rings. The Bertz CT molecular complexity index is 128. The number of amidine groups is 1. The lowest BCUT2D eigenvalue weighted by molar-refractivity contribution is 0.317. The molecule has 0 aromatic carbocycles. The number of thioether (sulfide) groups is 1. The van der Waals surface area contributed by atoms with Crippen LogP contribution in [0.15, 0.2) is 5.16 Å². The van der Waals surface area contributed by atoms with Crippen molar-refractivity contribution in [2.75, 3.05) is 11.5 Å². The van der Waals surface area contributed by atoms with E-state index in [1.54, 1.807) is 0 Å². The molecule has 72 valence electrons. The second kappa shape index (κ2) is 8.71. The summed E-state index contributed by atoms with van der Waals surface area (Å²) < 4.78 is 0. The maximum absolute atomic E-state index is 8.23. The Hall–Kier alpha value is -0.380. The standard InChI is InChI=1S/C8H18N2OS/c1-2-3-4-6-12-7-5-8(9)10-11/h11H,2-7H2,1H3,(H2,9,10). The fourth-order valence-electron chi connectivity index (χ4n) is 0.783. The van der Waals surface area contributed by atoms with Gasteiger partial charge in [0.15, 0.2) is 0 Å². The first kappa shape index (κ1) is 11.6. The fraction of sp³-hybridized carbons (Fsp3) is 0.875. The van der Waals surface area contributed by atoms with E-state index in [0.717, 1.165) is 5.75 Å². The molecule has 0 amide bonds. The highest BCUT2D eigenvalue weighted by Gasteiger charge is 1.93. The van der Waals surface area contributed by atoms with Crippen LogP contribution in [0.3, 0.4) is 0 Å². The molecule has 0 saturated heterocycles. The van der Waals surface area contributed by atoms with Gasteiger partial charge in [-0.05, 0) is 12.2 Å². The van der Waals surface area contributed by atoms with E-state index >= 15 is 0 Å². The fourth-order valence-corrected chi connectivity index (χ4v) is 1.75. The van der Waals surface area contributed by atoms with Crippen LogP contribution in [-0.2, 0) is 0 Å². The zero-order valence-corrected chi connectivity index (χ0v) is 8.44. The summed E-state index contributed by atoms with van der Waals surface area (Å²) in [5, 5.41) is 11.1. The van der Waals surface area contributed by atoms with Crippen molar-refractivity contribution in [3.05, 3.63) is 0 Å². The Kier molecular flexibility index (Phi) is 8.44. The van der Waals surface area contributed by atoms with Gasteiger partial charge >= 0.3 is 0 Å². The monoisotopic (exact) mass is 190 g/mol. The highest BCUT2D eigenvalue weighted by atomic mass is 32.2. The molecule has 4 heteroatoms. The number of rotatable bonds is 7. The maximum atomic E-state index is 8.23. The van der Waals surface area contributed by atoms with Crippen molar-refractivity contribution in [2.45, 2.75) is 32.6 Å². The van der Waals surface area contributed by atoms with Gasteiger partial charge in [-0.2, -0.15) is 11.8 Å². The molecule has 12 heavy (non-hydrogen) atoms. The third-order valence-corrected chi connectivity index (χ3v) is 2.59. The summed E-state index contributed by atoms with van der Waals surface area (Å²) in [5.41, 5.74) is 5.30. The van der Waals surface area contributed by atoms with Crippen LogP contribution in [0.4, 0.5) is 0 Å². The molecular formula is C8H18N2OS. The SMILES string of the molecule is CCCCCSCCC(N)=NO. The highest BCUT2D eigenvalue weighted by molar-refractivity contribution is 7.99. The second-order valence-electron chi connectivity index (χ2n) is 2.66. The van der Waals surface area contributed by atoms with Crippen LogP contribution in [0.5, 0.6) is 0 Å². The Balaban J connectivity index is 3.00. The van der Waals surface area contributed by atoms with E-state index in [4.69, 9.17) is 10.9 Å². The van der Waals surface area contributed by atoms with E-state index in [-0.39, 0.29) is 0 Å². The first-order chi connectivity index (χ1) is 5.81. The van der Waals surface area contributed by atoms with Gasteiger partial charge in [-0.25, -0.2) is 0 Å². The molecule has 0 rings (SSSR count). The molecule has 0 bridgehead atoms. The van der Waals surface area contributed by atoms with E-state index in [9.17, 15) is 0 Å². The van der Waals surface area contributed by atoms with Crippen molar-refractivity contribution < 1.29 is 5.21 Å². The summed E-state index contributed by atoms with van der Waals surface area (Å²) in [6.07, 6.45) is 4.53. The van der Waals surface area contributed by atoms with E-state index in [0.29, 0.717) is 12.3 Å². The number of unbranched alkanes of at least 4 members (excludes halogenated alkanes) is 2. The minimum Gasteiger partial charge on any atom is -0.409 e. The van der Waals surface area contributed by atoms with Crippen LogP contribution in [0, 0.1) is 0 Å². The summed E-state index contributed by atoms with van der Waals surface area (Å²) >= 11 is 1.86. The Morgan fingerprint density at radius 1 is 1.42 bits per heavy atom. The van der Waals surface area contributed by atoms with Crippen LogP contribution in [0.1, 0.15) is 32.6 Å². The molecule has 0 aliphatic carbocycles. The molecule has 3 nitrogen and oxygen atoms in total. The van der Waals surface area contributed by atoms with E-state index in [2.05, 4.69) is 12.1 Å². The van der Waals surface area contributed by atoms with E-state index in [1.165, 1.54) is 25.0 Å². The smallest absolute Gasteiger partial charge is 0.139 e. The number of hydrogen-bond acceptors (Lipinski definition) is 3. The molecule has 0 spiro atoms. The van der Waals surface area contributed by atoms with Gasteiger partial charge in [-0.15, -0.1) is 0 Å². The van der Waals surface area contributed by atoms with Crippen LogP contribution in [0.2, 0.25) is 0 Å². The van der Waals surface area contributed by atoms with E-state index in [1.807, 2.05) is 11.8 Å². The Morgan fingerprint density at radius 3 is 2.75 bits per heavy atom. The van der Waals surface area contributed by atoms with Gasteiger partial charge in [0, 0.05) is 12.2 Å². The normalized spacial score (nSPS) is 11.9. The molecule has 0 saturated carbocycles. The third-order valence-electron chi connectivity index (χ3n) is 1.52. The predicted molar refractivity (Wildman–Crippen MR) is 54.9 cm³/mol. The maximum Gasteiger partial charge on any atom is 0.139 e. The number of nitrogens with zero attached hydrogens (tertiary/aromatic N) is 1. The average molecular weight is 190 g/mol. The summed E-state index contributed by atoms with van der Waals surface area (Å²) in [7, 11) is 0. The van der Waals surface area contributed by atoms with Gasteiger partial charge in [-0.3, -0.25) is 0 Å². The van der Waals surface area contributed by atoms with Crippen molar-refractivity contribution >= 4 is 17.6 Å². The summed E-state index contributed by atoms with van der Waals surface area (Å²) in [6.45, 7) is 2.20. The molecule has 0 radical (unpaired) electrons. The molecule has 0 unspecified atom stereocenters. The molecule has 0 atom stereocenters. The van der Waals surface area contributed by atoms with Gasteiger partial charge in [0.1, 0.15) is 5.84 Å². The van der Waals surface area contributed by atoms with Gasteiger partial charge in [0.05, 0.1) is 0 Å². The van der Waals surface area contributed by atoms with Gasteiger partial charge in [-0.1, -0.05) is 24.9 Å². The lowest BCUT2D eigenvalue weighted by Crippen LogP contribution is -2.12. The number of oxime groups is 1. The summed E-state index contributed by atoms with van der Waals surface area (Å²) in [5.74, 6) is 2.48. The first-order valence-corrected chi connectivity index (χ1v) is 5.50. The van der Waals surface area contributed by atoms with Crippen molar-refractivity contribution in [1.82, 2.24) is 0 Å².